The van der Waals surface area contributed by atoms with Gasteiger partial charge in [0.05, 0.1) is 28.3 Å². The summed E-state index contributed by atoms with van der Waals surface area (Å²) in [5.74, 6) is 0.0138. The molecular weight excluding hydrogens is 614 g/mol. The molecule has 2 atom stereocenters. The van der Waals surface area contributed by atoms with Crippen LogP contribution in [0.5, 0.6) is 5.75 Å². The lowest BCUT2D eigenvalue weighted by molar-refractivity contribution is -0.0857. The number of piperazine rings is 1. The number of ether oxygens (including phenoxy) is 1. The van der Waals surface area contributed by atoms with Crippen LogP contribution >= 0.6 is 0 Å². The molecule has 3 aromatic rings. The number of carbonyl (C=O) groups excluding carboxylic acids is 1. The third kappa shape index (κ3) is 6.82. The number of carbonyl (C=O) groups is 1. The highest BCUT2D eigenvalue weighted by molar-refractivity contribution is 5.95. The van der Waals surface area contributed by atoms with Gasteiger partial charge in [0.25, 0.3) is 11.5 Å². The molecule has 1 aromatic heterocycles. The molecule has 2 bridgehead atoms. The van der Waals surface area contributed by atoms with E-state index in [0.717, 1.165) is 38.0 Å². The maximum atomic E-state index is 15.2. The monoisotopic (exact) mass is 651 g/mol. The largest absolute Gasteiger partial charge is 0.490 e. The molecule has 2 unspecified atom stereocenters. The quantitative estimate of drug-likeness (QED) is 0.205. The minimum atomic E-state index is -4.51. The average Bonchev–Trinajstić information content (AvgIpc) is 3.04. The zero-order valence-corrected chi connectivity index (χ0v) is 26.3. The van der Waals surface area contributed by atoms with Crippen LogP contribution in [-0.4, -0.2) is 69.6 Å². The number of nitrogens with zero attached hydrogens (tertiary/aromatic N) is 4. The number of aromatic amines is 1. The van der Waals surface area contributed by atoms with E-state index in [2.05, 4.69) is 15.2 Å². The number of benzene rings is 2. The van der Waals surface area contributed by atoms with Crippen molar-refractivity contribution in [1.82, 2.24) is 20.0 Å². The number of piperidine rings is 2. The number of halogens is 4. The van der Waals surface area contributed by atoms with Gasteiger partial charge in [0.1, 0.15) is 17.4 Å². The smallest absolute Gasteiger partial charge is 0.417 e. The van der Waals surface area contributed by atoms with Crippen molar-refractivity contribution >= 4 is 22.9 Å². The normalized spacial score (nSPS) is 20.7. The Morgan fingerprint density at radius 2 is 1.81 bits per heavy atom. The van der Waals surface area contributed by atoms with Crippen LogP contribution in [0.3, 0.4) is 0 Å². The molecule has 2 aromatic carbocycles. The molecule has 4 aliphatic rings. The summed E-state index contributed by atoms with van der Waals surface area (Å²) in [5, 5.41) is 7.92. The predicted molar refractivity (Wildman–Crippen MR) is 171 cm³/mol. The number of fused-ring (bicyclic) bond motifs is 4. The van der Waals surface area contributed by atoms with Crippen molar-refractivity contribution in [3.8, 4) is 5.75 Å². The average molecular weight is 652 g/mol. The summed E-state index contributed by atoms with van der Waals surface area (Å²) < 4.78 is 61.2. The van der Waals surface area contributed by atoms with Crippen LogP contribution < -0.4 is 10.3 Å². The second-order valence-electron chi connectivity index (χ2n) is 12.3. The highest BCUT2D eigenvalue weighted by Gasteiger charge is 2.42. The molecule has 3 aliphatic heterocycles. The minimum absolute atomic E-state index is 0.0606. The van der Waals surface area contributed by atoms with Crippen LogP contribution in [0.15, 0.2) is 69.7 Å². The molecule has 7 rings (SSSR count). The van der Waals surface area contributed by atoms with Gasteiger partial charge < -0.3 is 14.5 Å². The fourth-order valence-corrected chi connectivity index (χ4v) is 6.51. The molecule has 1 amide bonds. The topological polar surface area (TPSA) is 90.9 Å². The van der Waals surface area contributed by atoms with Gasteiger partial charge in [0.2, 0.25) is 0 Å². The molecule has 3 saturated heterocycles. The third-order valence-corrected chi connectivity index (χ3v) is 9.27. The number of aliphatic imine (C=N–C) groups is 1. The summed E-state index contributed by atoms with van der Waals surface area (Å²) >= 11 is 0. The fraction of sp³-hybridized carbons (Fsp3) is 0.429. The predicted octanol–water partition coefficient (Wildman–Crippen LogP) is 6.70. The molecule has 1 aliphatic carbocycles. The zero-order chi connectivity index (χ0) is 33.3. The van der Waals surface area contributed by atoms with Crippen LogP contribution in [0.2, 0.25) is 0 Å². The highest BCUT2D eigenvalue weighted by atomic mass is 19.4. The van der Waals surface area contributed by atoms with E-state index in [1.807, 2.05) is 17.9 Å². The second-order valence-corrected chi connectivity index (χ2v) is 12.3. The van der Waals surface area contributed by atoms with Crippen LogP contribution in [0, 0.1) is 5.82 Å². The Morgan fingerprint density at radius 1 is 1.06 bits per heavy atom. The maximum absolute atomic E-state index is 15.2. The molecule has 248 valence electrons. The van der Waals surface area contributed by atoms with Gasteiger partial charge in [-0.2, -0.15) is 18.3 Å². The van der Waals surface area contributed by atoms with Crippen molar-refractivity contribution in [3.63, 3.8) is 0 Å². The van der Waals surface area contributed by atoms with E-state index in [4.69, 9.17) is 4.74 Å². The first-order chi connectivity index (χ1) is 22.5. The molecular formula is C35H37F4N5O3. The van der Waals surface area contributed by atoms with Gasteiger partial charge >= 0.3 is 6.18 Å². The Bertz CT molecular complexity index is 1810. The number of amides is 1. The molecule has 1 saturated carbocycles. The molecule has 1 N–H and O–H groups in total. The summed E-state index contributed by atoms with van der Waals surface area (Å²) in [6, 6.07) is 9.28. The first kappa shape index (κ1) is 32.5. The molecule has 8 nitrogen and oxygen atoms in total. The van der Waals surface area contributed by atoms with Crippen molar-refractivity contribution in [1.29, 1.82) is 0 Å². The number of H-pyrrole nitrogens is 1. The van der Waals surface area contributed by atoms with Gasteiger partial charge in [0, 0.05) is 43.2 Å². The molecule has 12 heteroatoms. The summed E-state index contributed by atoms with van der Waals surface area (Å²) in [6.45, 7) is 3.89. The number of alkyl halides is 3. The number of allylic oxidation sites excluding steroid dienone is 3. The van der Waals surface area contributed by atoms with Crippen molar-refractivity contribution in [3.05, 3.63) is 92.9 Å². The first-order valence-electron chi connectivity index (χ1n) is 16.1. The van der Waals surface area contributed by atoms with Crippen LogP contribution in [-0.2, 0) is 6.42 Å². The van der Waals surface area contributed by atoms with Gasteiger partial charge in [0.15, 0.2) is 0 Å². The van der Waals surface area contributed by atoms with E-state index in [1.54, 1.807) is 29.2 Å². The van der Waals surface area contributed by atoms with E-state index in [9.17, 15) is 22.8 Å². The van der Waals surface area contributed by atoms with Gasteiger partial charge in [-0.25, -0.2) is 14.5 Å². The summed E-state index contributed by atoms with van der Waals surface area (Å²) in [4.78, 5) is 34.2. The van der Waals surface area contributed by atoms with Crippen LogP contribution in [0.4, 0.5) is 17.6 Å². The van der Waals surface area contributed by atoms with E-state index in [0.29, 0.717) is 59.5 Å². The Kier molecular flexibility index (Phi) is 9.20. The first-order valence-corrected chi connectivity index (χ1v) is 16.1. The molecule has 47 heavy (non-hydrogen) atoms. The number of aromatic nitrogens is 2. The lowest BCUT2D eigenvalue weighted by Crippen LogP contribution is -2.63. The van der Waals surface area contributed by atoms with Gasteiger partial charge in [-0.3, -0.25) is 9.59 Å². The van der Waals surface area contributed by atoms with Gasteiger partial charge in [-0.1, -0.05) is 19.1 Å². The van der Waals surface area contributed by atoms with E-state index in [-0.39, 0.29) is 35.7 Å². The van der Waals surface area contributed by atoms with Crippen molar-refractivity contribution in [2.45, 2.75) is 83.2 Å². The van der Waals surface area contributed by atoms with Crippen molar-refractivity contribution in [2.24, 2.45) is 4.99 Å². The summed E-state index contributed by atoms with van der Waals surface area (Å²) in [6.07, 6.45) is 4.63. The number of rotatable bonds is 9. The summed E-state index contributed by atoms with van der Waals surface area (Å²) in [7, 11) is 0. The minimum Gasteiger partial charge on any atom is -0.490 e. The van der Waals surface area contributed by atoms with Crippen molar-refractivity contribution < 1.29 is 27.1 Å². The highest BCUT2D eigenvalue weighted by Crippen LogP contribution is 2.34. The van der Waals surface area contributed by atoms with E-state index in [1.165, 1.54) is 19.1 Å². The molecule has 0 radical (unpaired) electrons. The third-order valence-electron chi connectivity index (χ3n) is 9.27. The summed E-state index contributed by atoms with van der Waals surface area (Å²) in [5.41, 5.74) is -0.000308. The fourth-order valence-electron chi connectivity index (χ4n) is 6.51. The van der Waals surface area contributed by atoms with E-state index < -0.39 is 23.5 Å². The van der Waals surface area contributed by atoms with Crippen LogP contribution in [0.1, 0.15) is 74.0 Å². The Labute approximate surface area is 269 Å². The Morgan fingerprint density at radius 3 is 2.45 bits per heavy atom. The lowest BCUT2D eigenvalue weighted by atomic mass is 9.89. The second kappa shape index (κ2) is 13.3. The Hall–Kier alpha value is -4.48. The SMILES string of the molecule is C\C=C(/C=N\C(=C\CC)N1CC2CCC1CN2C(=O)c1cc(Cc2n[nH]c(=O)c3ccc(OC4CCC4)cc23)ccc1F)C(F)(F)F. The van der Waals surface area contributed by atoms with E-state index >= 15 is 4.39 Å². The number of hydrogen-bond donors (Lipinski definition) is 1. The number of nitrogens with one attached hydrogen (secondary N) is 1. The standard InChI is InChI=1S/C35H37F4N5O3/c1-3-6-32(40-18-22(4-2)35(37,38)39)43-19-24-11-10-23(43)20-44(24)34(46)29-15-21(9-14-30(29)36)16-31-28-17-26(47-25-7-5-8-25)12-13-27(28)33(45)42-41-31/h4,6,9,12-15,17-18,23-25H,3,5,7-8,10-11,16,19-20H2,1-2H3,(H,42,45)/b22-4+,32-6-,40-18-. The van der Waals surface area contributed by atoms with Gasteiger partial charge in [-0.05, 0) is 87.4 Å². The lowest BCUT2D eigenvalue weighted by Gasteiger charge is -2.52. The molecule has 4 heterocycles. The number of hydrogen-bond acceptors (Lipinski definition) is 6. The molecule has 0 spiro atoms. The maximum Gasteiger partial charge on any atom is 0.417 e. The van der Waals surface area contributed by atoms with Crippen molar-refractivity contribution in [2.75, 3.05) is 13.1 Å². The van der Waals surface area contributed by atoms with Crippen LogP contribution in [0.25, 0.3) is 10.8 Å². The van der Waals surface area contributed by atoms with Gasteiger partial charge in [-0.15, -0.1) is 0 Å². The zero-order valence-electron chi connectivity index (χ0n) is 26.3. The molecule has 4 fully saturated rings. The Balaban J connectivity index is 1.21.